The van der Waals surface area contributed by atoms with E-state index in [1.165, 1.54) is 0 Å². The van der Waals surface area contributed by atoms with Crippen LogP contribution in [0.5, 0.6) is 5.75 Å². The van der Waals surface area contributed by atoms with E-state index in [2.05, 4.69) is 5.43 Å². The summed E-state index contributed by atoms with van der Waals surface area (Å²) in [6.45, 7) is 0.290. The quantitative estimate of drug-likeness (QED) is 0.698. The van der Waals surface area contributed by atoms with Gasteiger partial charge in [-0.15, -0.1) is 0 Å². The Morgan fingerprint density at radius 3 is 2.04 bits per heavy atom. The van der Waals surface area contributed by atoms with E-state index in [0.29, 0.717) is 5.75 Å². The van der Waals surface area contributed by atoms with Crippen molar-refractivity contribution in [2.24, 2.45) is 0 Å². The third-order valence-electron chi connectivity index (χ3n) is 4.38. The predicted molar refractivity (Wildman–Crippen MR) is 102 cm³/mol. The molecule has 3 aromatic carbocycles. The highest BCUT2D eigenvalue weighted by Crippen LogP contribution is 2.23. The van der Waals surface area contributed by atoms with E-state index in [-0.39, 0.29) is 23.3 Å². The molecule has 1 aliphatic rings. The van der Waals surface area contributed by atoms with Gasteiger partial charge in [-0.2, -0.15) is 5.01 Å². The van der Waals surface area contributed by atoms with Crippen LogP contribution in [0.3, 0.4) is 0 Å². The van der Waals surface area contributed by atoms with Crippen LogP contribution < -0.4 is 10.2 Å². The molecule has 0 aliphatic carbocycles. The molecule has 3 amide bonds. The van der Waals surface area contributed by atoms with E-state index in [4.69, 9.17) is 4.74 Å². The smallest absolute Gasteiger partial charge is 0.280 e. The zero-order valence-electron chi connectivity index (χ0n) is 14.8. The van der Waals surface area contributed by atoms with Gasteiger partial charge in [-0.3, -0.25) is 19.8 Å². The van der Waals surface area contributed by atoms with Crippen molar-refractivity contribution in [3.8, 4) is 5.75 Å². The fourth-order valence-electron chi connectivity index (χ4n) is 2.97. The van der Waals surface area contributed by atoms with E-state index in [9.17, 15) is 14.4 Å². The Morgan fingerprint density at radius 2 is 1.36 bits per heavy atom. The minimum Gasteiger partial charge on any atom is -0.488 e. The van der Waals surface area contributed by atoms with Gasteiger partial charge in [-0.1, -0.05) is 54.6 Å². The van der Waals surface area contributed by atoms with Gasteiger partial charge in [0.25, 0.3) is 17.7 Å². The number of hydrogen-bond acceptors (Lipinski definition) is 4. The number of carbonyl (C=O) groups is 3. The number of hydrazine groups is 1. The van der Waals surface area contributed by atoms with Crippen molar-refractivity contribution in [2.45, 2.75) is 6.61 Å². The van der Waals surface area contributed by atoms with Gasteiger partial charge in [-0.05, 0) is 29.8 Å². The molecule has 1 N–H and O–H groups in total. The molecule has 0 saturated heterocycles. The maximum absolute atomic E-state index is 12.7. The minimum absolute atomic E-state index is 0.231. The molecule has 6 nitrogen and oxygen atoms in total. The summed E-state index contributed by atoms with van der Waals surface area (Å²) < 4.78 is 5.78. The molecule has 28 heavy (non-hydrogen) atoms. The number of hydrogen-bond donors (Lipinski definition) is 1. The lowest BCUT2D eigenvalue weighted by Crippen LogP contribution is -2.45. The molecule has 0 fully saturated rings. The van der Waals surface area contributed by atoms with Gasteiger partial charge in [0, 0.05) is 0 Å². The summed E-state index contributed by atoms with van der Waals surface area (Å²) in [4.78, 5) is 37.6. The molecule has 1 aliphatic heterocycles. The van der Waals surface area contributed by atoms with Crippen molar-refractivity contribution in [2.75, 3.05) is 0 Å². The molecular weight excluding hydrogens is 356 g/mol. The molecule has 1 heterocycles. The molecule has 0 unspecified atom stereocenters. The maximum Gasteiger partial charge on any atom is 0.280 e. The van der Waals surface area contributed by atoms with Crippen LogP contribution in [0.15, 0.2) is 78.9 Å². The first kappa shape index (κ1) is 17.5. The largest absolute Gasteiger partial charge is 0.488 e. The Hall–Kier alpha value is -3.93. The van der Waals surface area contributed by atoms with Gasteiger partial charge in [0.15, 0.2) is 0 Å². The number of rotatable bonds is 5. The standard InChI is InChI=1S/C22H16N2O4/c25-20(23-24-21(26)16-10-4-5-11-17(16)22(24)27)18-12-6-7-13-19(18)28-14-15-8-2-1-3-9-15/h1-13H,14H2,(H,23,25). The lowest BCUT2D eigenvalue weighted by Gasteiger charge is -2.17. The van der Waals surface area contributed by atoms with Gasteiger partial charge in [-0.25, -0.2) is 0 Å². The Balaban J connectivity index is 1.52. The number of fused-ring (bicyclic) bond motifs is 1. The lowest BCUT2D eigenvalue weighted by molar-refractivity contribution is 0.0516. The fraction of sp³-hybridized carbons (Fsp3) is 0.0455. The summed E-state index contributed by atoms with van der Waals surface area (Å²) in [5.41, 5.74) is 4.11. The molecule has 0 saturated carbocycles. The number of nitrogens with zero attached hydrogens (tertiary/aromatic N) is 1. The molecule has 138 valence electrons. The van der Waals surface area contributed by atoms with Crippen LogP contribution in [0, 0.1) is 0 Å². The summed E-state index contributed by atoms with van der Waals surface area (Å²) in [6, 6.07) is 22.7. The molecule has 0 atom stereocenters. The summed E-state index contributed by atoms with van der Waals surface area (Å²) in [5, 5.41) is 0.737. The van der Waals surface area contributed by atoms with Crippen LogP contribution >= 0.6 is 0 Å². The zero-order valence-corrected chi connectivity index (χ0v) is 14.8. The van der Waals surface area contributed by atoms with Crippen molar-refractivity contribution < 1.29 is 19.1 Å². The average Bonchev–Trinajstić information content (AvgIpc) is 2.98. The maximum atomic E-state index is 12.7. The highest BCUT2D eigenvalue weighted by molar-refractivity contribution is 6.22. The Labute approximate surface area is 161 Å². The van der Waals surface area contributed by atoms with Crippen molar-refractivity contribution in [1.82, 2.24) is 10.4 Å². The van der Waals surface area contributed by atoms with Crippen LogP contribution in [-0.4, -0.2) is 22.7 Å². The van der Waals surface area contributed by atoms with E-state index in [1.807, 2.05) is 30.3 Å². The molecule has 0 aromatic heterocycles. The van der Waals surface area contributed by atoms with Gasteiger partial charge in [0.05, 0.1) is 16.7 Å². The summed E-state index contributed by atoms with van der Waals surface area (Å²) in [6.07, 6.45) is 0. The molecule has 4 rings (SSSR count). The molecule has 3 aromatic rings. The molecule has 0 spiro atoms. The number of ether oxygens (including phenoxy) is 1. The van der Waals surface area contributed by atoms with Crippen LogP contribution in [0.2, 0.25) is 0 Å². The summed E-state index contributed by atoms with van der Waals surface area (Å²) in [7, 11) is 0. The third-order valence-corrected chi connectivity index (χ3v) is 4.38. The van der Waals surface area contributed by atoms with Crippen LogP contribution in [0.25, 0.3) is 0 Å². The van der Waals surface area contributed by atoms with E-state index < -0.39 is 17.7 Å². The predicted octanol–water partition coefficient (Wildman–Crippen LogP) is 3.21. The second kappa shape index (κ2) is 7.36. The summed E-state index contributed by atoms with van der Waals surface area (Å²) in [5.74, 6) is -1.35. The number of carbonyl (C=O) groups excluding carboxylic acids is 3. The topological polar surface area (TPSA) is 75.7 Å². The first-order valence-corrected chi connectivity index (χ1v) is 8.69. The lowest BCUT2D eigenvalue weighted by atomic mass is 10.1. The fourth-order valence-corrected chi connectivity index (χ4v) is 2.97. The zero-order chi connectivity index (χ0) is 19.5. The SMILES string of the molecule is O=C(NN1C(=O)c2ccccc2C1=O)c1ccccc1OCc1ccccc1. The summed E-state index contributed by atoms with van der Waals surface area (Å²) >= 11 is 0. The molecule has 0 bridgehead atoms. The first-order valence-electron chi connectivity index (χ1n) is 8.69. The minimum atomic E-state index is -0.599. The Morgan fingerprint density at radius 1 is 0.786 bits per heavy atom. The second-order valence-electron chi connectivity index (χ2n) is 6.20. The molecule has 0 radical (unpaired) electrons. The number of para-hydroxylation sites is 1. The van der Waals surface area contributed by atoms with E-state index in [1.54, 1.807) is 48.5 Å². The van der Waals surface area contributed by atoms with Crippen LogP contribution in [0.1, 0.15) is 36.6 Å². The van der Waals surface area contributed by atoms with Gasteiger partial charge in [0.1, 0.15) is 12.4 Å². The first-order chi connectivity index (χ1) is 13.6. The van der Waals surface area contributed by atoms with Crippen molar-refractivity contribution >= 4 is 17.7 Å². The average molecular weight is 372 g/mol. The number of benzene rings is 3. The highest BCUT2D eigenvalue weighted by Gasteiger charge is 2.36. The van der Waals surface area contributed by atoms with Crippen molar-refractivity contribution in [3.63, 3.8) is 0 Å². The highest BCUT2D eigenvalue weighted by atomic mass is 16.5. The number of imide groups is 1. The Kier molecular flexibility index (Phi) is 4.60. The van der Waals surface area contributed by atoms with Crippen LogP contribution in [0.4, 0.5) is 0 Å². The van der Waals surface area contributed by atoms with Crippen molar-refractivity contribution in [1.29, 1.82) is 0 Å². The van der Waals surface area contributed by atoms with Crippen molar-refractivity contribution in [3.05, 3.63) is 101 Å². The second-order valence-corrected chi connectivity index (χ2v) is 6.20. The number of nitrogens with one attached hydrogen (secondary N) is 1. The third kappa shape index (κ3) is 3.23. The monoisotopic (exact) mass is 372 g/mol. The molecule has 6 heteroatoms. The van der Waals surface area contributed by atoms with Crippen LogP contribution in [-0.2, 0) is 6.61 Å². The van der Waals surface area contributed by atoms with Gasteiger partial charge < -0.3 is 4.74 Å². The Bertz CT molecular complexity index is 1030. The normalized spacial score (nSPS) is 12.6. The van der Waals surface area contributed by atoms with E-state index in [0.717, 1.165) is 10.6 Å². The van der Waals surface area contributed by atoms with Gasteiger partial charge in [0.2, 0.25) is 0 Å². The number of amides is 3. The van der Waals surface area contributed by atoms with Gasteiger partial charge >= 0.3 is 0 Å². The van der Waals surface area contributed by atoms with E-state index >= 15 is 0 Å². The molecular formula is C22H16N2O4.